The molecule has 2 aromatic carbocycles. The van der Waals surface area contributed by atoms with Crippen LogP contribution in [0.25, 0.3) is 45.2 Å². The molecule has 7 nitrogen and oxygen atoms in total. The van der Waals surface area contributed by atoms with Crippen molar-refractivity contribution in [3.8, 4) is 34.1 Å². The molecule has 9 heteroatoms. The Hall–Kier alpha value is -4.27. The van der Waals surface area contributed by atoms with Gasteiger partial charge >= 0.3 is 0 Å². The van der Waals surface area contributed by atoms with E-state index in [1.165, 1.54) is 18.2 Å². The summed E-state index contributed by atoms with van der Waals surface area (Å²) in [6.07, 6.45) is 4.07. The van der Waals surface area contributed by atoms with E-state index in [0.29, 0.717) is 34.8 Å². The zero-order chi connectivity index (χ0) is 24.3. The monoisotopic (exact) mass is 471 g/mol. The fourth-order valence-corrected chi connectivity index (χ4v) is 4.31. The van der Waals surface area contributed by atoms with Gasteiger partial charge in [-0.1, -0.05) is 6.07 Å². The number of aldehydes is 1. The lowest BCUT2D eigenvalue weighted by atomic mass is 9.97. The smallest absolute Gasteiger partial charge is 0.246 e. The number of rotatable bonds is 5. The number of aromatic nitrogens is 5. The third kappa shape index (κ3) is 3.60. The Kier molecular flexibility index (Phi) is 4.80. The lowest BCUT2D eigenvalue weighted by Gasteiger charge is -2.12. The summed E-state index contributed by atoms with van der Waals surface area (Å²) in [5.74, 6) is 0.0514. The number of carbonyl (C=O) groups excluding carboxylic acids is 1. The van der Waals surface area contributed by atoms with Gasteiger partial charge < -0.3 is 8.98 Å². The quantitative estimate of drug-likeness (QED) is 0.309. The van der Waals surface area contributed by atoms with Gasteiger partial charge in [-0.2, -0.15) is 0 Å². The molecular formula is C26H19F2N5O2. The van der Waals surface area contributed by atoms with E-state index < -0.39 is 5.82 Å². The molecule has 1 aliphatic rings. The van der Waals surface area contributed by atoms with Gasteiger partial charge in [0.25, 0.3) is 0 Å². The molecule has 0 bridgehead atoms. The maximum Gasteiger partial charge on any atom is 0.246 e. The molecule has 0 saturated heterocycles. The average Bonchev–Trinajstić information content (AvgIpc) is 3.49. The summed E-state index contributed by atoms with van der Waals surface area (Å²) in [6.45, 7) is 1.55. The molecule has 0 radical (unpaired) electrons. The van der Waals surface area contributed by atoms with Crippen LogP contribution < -0.4 is 0 Å². The van der Waals surface area contributed by atoms with E-state index in [1.54, 1.807) is 30.9 Å². The zero-order valence-corrected chi connectivity index (χ0v) is 18.9. The molecule has 0 amide bonds. The molecule has 0 unspecified atom stereocenters. The van der Waals surface area contributed by atoms with Crippen LogP contribution in [0.4, 0.5) is 8.78 Å². The Morgan fingerprint density at radius 3 is 2.63 bits per heavy atom. The number of halogens is 2. The molecule has 6 rings (SSSR count). The largest absolute Gasteiger partial charge is 0.434 e. The highest BCUT2D eigenvalue weighted by atomic mass is 19.1. The van der Waals surface area contributed by atoms with Crippen molar-refractivity contribution in [3.63, 3.8) is 0 Å². The molecule has 0 N–H and O–H groups in total. The Balaban J connectivity index is 1.56. The minimum atomic E-state index is -0.629. The number of fused-ring (bicyclic) bond motifs is 1. The molecule has 3 aromatic heterocycles. The summed E-state index contributed by atoms with van der Waals surface area (Å²) in [7, 11) is 1.80. The van der Waals surface area contributed by atoms with Crippen molar-refractivity contribution < 1.29 is 18.0 Å². The second-order valence-corrected chi connectivity index (χ2v) is 8.79. The van der Waals surface area contributed by atoms with Crippen LogP contribution >= 0.6 is 0 Å². The lowest BCUT2D eigenvalue weighted by molar-refractivity contribution is 0.111. The van der Waals surface area contributed by atoms with E-state index in [4.69, 9.17) is 9.40 Å². The van der Waals surface area contributed by atoms with E-state index in [-0.39, 0.29) is 28.4 Å². The summed E-state index contributed by atoms with van der Waals surface area (Å²) >= 11 is 0. The first kappa shape index (κ1) is 21.3. The van der Waals surface area contributed by atoms with Gasteiger partial charge in [0, 0.05) is 29.8 Å². The van der Waals surface area contributed by atoms with Crippen LogP contribution in [-0.2, 0) is 7.05 Å². The summed E-state index contributed by atoms with van der Waals surface area (Å²) in [4.78, 5) is 20.5. The van der Waals surface area contributed by atoms with Gasteiger partial charge in [-0.05, 0) is 61.2 Å². The number of hydrogen-bond donors (Lipinski definition) is 0. The van der Waals surface area contributed by atoms with Crippen LogP contribution in [0.1, 0.15) is 40.4 Å². The maximum atomic E-state index is 14.5. The number of hydrogen-bond acceptors (Lipinski definition) is 6. The normalized spacial score (nSPS) is 13.5. The molecule has 0 atom stereocenters. The Morgan fingerprint density at radius 1 is 1.09 bits per heavy atom. The fraction of sp³-hybridized carbons (Fsp3) is 0.192. The van der Waals surface area contributed by atoms with E-state index in [0.717, 1.165) is 29.7 Å². The Bertz CT molecular complexity index is 1630. The Morgan fingerprint density at radius 2 is 1.91 bits per heavy atom. The van der Waals surface area contributed by atoms with E-state index in [2.05, 4.69) is 15.2 Å². The highest BCUT2D eigenvalue weighted by Crippen LogP contribution is 2.42. The van der Waals surface area contributed by atoms with Crippen LogP contribution in [0.5, 0.6) is 0 Å². The third-order valence-corrected chi connectivity index (χ3v) is 6.30. The Labute approximate surface area is 198 Å². The SMILES string of the molecule is Cc1c(F)c(C=O)cc2nc(-c3cc(-c4ccc(F)cc4-c4nncn4C)cc(C4CC4)n3)oc12. The van der Waals surface area contributed by atoms with E-state index in [9.17, 15) is 13.6 Å². The van der Waals surface area contributed by atoms with Crippen LogP contribution in [0.15, 0.2) is 47.1 Å². The van der Waals surface area contributed by atoms with Crippen molar-refractivity contribution >= 4 is 17.4 Å². The molecule has 35 heavy (non-hydrogen) atoms. The minimum absolute atomic E-state index is 0.0742. The predicted molar refractivity (Wildman–Crippen MR) is 125 cm³/mol. The molecule has 1 aliphatic carbocycles. The molecule has 1 saturated carbocycles. The van der Waals surface area contributed by atoms with Crippen LogP contribution in [0.2, 0.25) is 0 Å². The molecule has 3 heterocycles. The fourth-order valence-electron chi connectivity index (χ4n) is 4.31. The molecule has 1 fully saturated rings. The van der Waals surface area contributed by atoms with Crippen molar-refractivity contribution in [2.45, 2.75) is 25.7 Å². The first-order valence-electron chi connectivity index (χ1n) is 11.1. The number of oxazole rings is 1. The molecule has 5 aromatic rings. The van der Waals surface area contributed by atoms with Gasteiger partial charge in [0.05, 0.1) is 5.56 Å². The summed E-state index contributed by atoms with van der Waals surface area (Å²) in [6, 6.07) is 9.72. The minimum Gasteiger partial charge on any atom is -0.434 e. The number of benzene rings is 2. The van der Waals surface area contributed by atoms with Gasteiger partial charge in [-0.25, -0.2) is 18.7 Å². The lowest BCUT2D eigenvalue weighted by Crippen LogP contribution is -1.97. The van der Waals surface area contributed by atoms with Gasteiger partial charge in [-0.3, -0.25) is 4.79 Å². The highest BCUT2D eigenvalue weighted by Gasteiger charge is 2.28. The van der Waals surface area contributed by atoms with E-state index >= 15 is 0 Å². The molecule has 174 valence electrons. The first-order valence-corrected chi connectivity index (χ1v) is 11.1. The average molecular weight is 471 g/mol. The summed E-state index contributed by atoms with van der Waals surface area (Å²) < 4.78 is 36.4. The molecule has 0 aliphatic heterocycles. The molecule has 0 spiro atoms. The number of aryl methyl sites for hydroxylation is 2. The summed E-state index contributed by atoms with van der Waals surface area (Å²) in [5, 5.41) is 8.10. The highest BCUT2D eigenvalue weighted by molar-refractivity contribution is 5.88. The number of carbonyl (C=O) groups is 1. The van der Waals surface area contributed by atoms with Crippen molar-refractivity contribution in [1.29, 1.82) is 0 Å². The van der Waals surface area contributed by atoms with Crippen molar-refractivity contribution in [2.75, 3.05) is 0 Å². The van der Waals surface area contributed by atoms with E-state index in [1.807, 2.05) is 12.1 Å². The van der Waals surface area contributed by atoms with Gasteiger partial charge in [0.2, 0.25) is 5.89 Å². The maximum absolute atomic E-state index is 14.5. The van der Waals surface area contributed by atoms with Crippen LogP contribution in [0, 0.1) is 18.6 Å². The van der Waals surface area contributed by atoms with Crippen LogP contribution in [0.3, 0.4) is 0 Å². The van der Waals surface area contributed by atoms with Gasteiger partial charge in [0.15, 0.2) is 17.7 Å². The second kappa shape index (κ2) is 7.90. The third-order valence-electron chi connectivity index (χ3n) is 6.30. The first-order chi connectivity index (χ1) is 16.9. The number of nitrogens with zero attached hydrogens (tertiary/aromatic N) is 5. The van der Waals surface area contributed by atoms with Crippen molar-refractivity contribution in [2.24, 2.45) is 7.05 Å². The predicted octanol–water partition coefficient (Wildman–Crippen LogP) is 5.63. The standard InChI is InChI=1S/C26H19F2N5O2/c1-13-23(28)16(11-34)9-21-24(13)35-26(31-21)22-8-15(7-20(30-22)14-3-4-14)18-6-5-17(27)10-19(18)25-32-29-12-33(25)2/h5-12,14H,3-4H2,1-2H3. The van der Waals surface area contributed by atoms with Gasteiger partial charge in [0.1, 0.15) is 29.2 Å². The van der Waals surface area contributed by atoms with Crippen LogP contribution in [-0.4, -0.2) is 31.0 Å². The number of pyridine rings is 1. The van der Waals surface area contributed by atoms with Crippen molar-refractivity contribution in [3.05, 3.63) is 71.2 Å². The van der Waals surface area contributed by atoms with Crippen molar-refractivity contribution in [1.82, 2.24) is 24.7 Å². The van der Waals surface area contributed by atoms with Gasteiger partial charge in [-0.15, -0.1) is 10.2 Å². The summed E-state index contributed by atoms with van der Waals surface area (Å²) in [5.41, 5.74) is 4.29. The second-order valence-electron chi connectivity index (χ2n) is 8.79. The molecular weight excluding hydrogens is 452 g/mol. The zero-order valence-electron chi connectivity index (χ0n) is 18.9. The topological polar surface area (TPSA) is 86.7 Å².